The van der Waals surface area contributed by atoms with Gasteiger partial charge in [0.1, 0.15) is 12.3 Å². The van der Waals surface area contributed by atoms with Crippen LogP contribution in [0.4, 0.5) is 5.69 Å². The minimum Gasteiger partial charge on any atom is -0.482 e. The van der Waals surface area contributed by atoms with E-state index in [1.54, 1.807) is 0 Å². The quantitative estimate of drug-likeness (QED) is 0.693. The predicted molar refractivity (Wildman–Crippen MR) is 117 cm³/mol. The first kappa shape index (κ1) is 22.3. The molecule has 0 unspecified atom stereocenters. The maximum Gasteiger partial charge on any atom is 0.265 e. The number of sulfonamides is 1. The number of hydrogen-bond donors (Lipinski definition) is 1. The van der Waals surface area contributed by atoms with E-state index < -0.39 is 15.9 Å². The highest BCUT2D eigenvalue weighted by Crippen LogP contribution is 2.35. The normalized spacial score (nSPS) is 16.9. The molecule has 9 nitrogen and oxygen atoms in total. The number of hydrogen-bond acceptors (Lipinski definition) is 6. The van der Waals surface area contributed by atoms with E-state index in [0.717, 1.165) is 11.1 Å². The third-order valence-corrected chi connectivity index (χ3v) is 7.29. The van der Waals surface area contributed by atoms with Gasteiger partial charge in [0.2, 0.25) is 15.9 Å². The van der Waals surface area contributed by atoms with Crippen LogP contribution in [0.2, 0.25) is 0 Å². The Kier molecular flexibility index (Phi) is 6.45. The summed E-state index contributed by atoms with van der Waals surface area (Å²) in [5, 5.41) is 2.80. The standard InChI is InChI=1S/C22H25N3O6S/c1-16-2-4-17(5-3-16)13-23-21(26)14-25-19-12-18(6-7-20(19)31-15-22(25)27)32(28,29)24-8-10-30-11-9-24/h2-7,12H,8-11,13-15H2,1H3,(H,23,26). The van der Waals surface area contributed by atoms with Crippen molar-refractivity contribution in [1.82, 2.24) is 9.62 Å². The van der Waals surface area contributed by atoms with Gasteiger partial charge in [0.25, 0.3) is 5.91 Å². The van der Waals surface area contributed by atoms with Crippen LogP contribution in [-0.4, -0.2) is 64.0 Å². The first-order valence-electron chi connectivity index (χ1n) is 10.3. The van der Waals surface area contributed by atoms with Gasteiger partial charge in [-0.1, -0.05) is 29.8 Å². The van der Waals surface area contributed by atoms with Crippen molar-refractivity contribution in [2.75, 3.05) is 44.4 Å². The van der Waals surface area contributed by atoms with Crippen molar-refractivity contribution in [3.8, 4) is 5.75 Å². The molecule has 0 bridgehead atoms. The summed E-state index contributed by atoms with van der Waals surface area (Å²) < 4.78 is 38.1. The number of aryl methyl sites for hydroxylation is 1. The first-order valence-corrected chi connectivity index (χ1v) is 11.8. The van der Waals surface area contributed by atoms with Crippen LogP contribution in [0.25, 0.3) is 0 Å². The van der Waals surface area contributed by atoms with Gasteiger partial charge in [-0.15, -0.1) is 0 Å². The molecule has 2 aliphatic heterocycles. The fourth-order valence-corrected chi connectivity index (χ4v) is 4.99. The number of anilines is 1. The lowest BCUT2D eigenvalue weighted by atomic mass is 10.1. The second kappa shape index (κ2) is 9.27. The summed E-state index contributed by atoms with van der Waals surface area (Å²) in [6.45, 7) is 3.06. The molecule has 0 spiro atoms. The fraction of sp³-hybridized carbons (Fsp3) is 0.364. The van der Waals surface area contributed by atoms with Gasteiger partial charge in [0.05, 0.1) is 23.8 Å². The van der Waals surface area contributed by atoms with Crippen LogP contribution < -0.4 is 15.0 Å². The molecule has 4 rings (SSSR count). The zero-order valence-electron chi connectivity index (χ0n) is 17.7. The summed E-state index contributed by atoms with van der Waals surface area (Å²) in [7, 11) is -3.76. The molecule has 2 heterocycles. The van der Waals surface area contributed by atoms with Crippen LogP contribution in [-0.2, 0) is 30.9 Å². The van der Waals surface area contributed by atoms with E-state index in [4.69, 9.17) is 9.47 Å². The lowest BCUT2D eigenvalue weighted by Gasteiger charge is -2.30. The largest absolute Gasteiger partial charge is 0.482 e. The molecule has 0 aromatic heterocycles. The number of benzene rings is 2. The lowest BCUT2D eigenvalue weighted by Crippen LogP contribution is -2.45. The summed E-state index contributed by atoms with van der Waals surface area (Å²) in [4.78, 5) is 26.4. The second-order valence-corrected chi connectivity index (χ2v) is 9.61. The average molecular weight is 460 g/mol. The number of nitrogens with one attached hydrogen (secondary N) is 1. The molecular formula is C22H25N3O6S. The van der Waals surface area contributed by atoms with Gasteiger partial charge in [-0.3, -0.25) is 14.5 Å². The topological polar surface area (TPSA) is 105 Å². The van der Waals surface area contributed by atoms with E-state index in [0.29, 0.717) is 25.5 Å². The number of nitrogens with zero attached hydrogens (tertiary/aromatic N) is 2. The Morgan fingerprint density at radius 1 is 1.09 bits per heavy atom. The molecule has 2 aromatic rings. The van der Waals surface area contributed by atoms with Gasteiger partial charge >= 0.3 is 0 Å². The molecule has 0 radical (unpaired) electrons. The SMILES string of the molecule is Cc1ccc(CNC(=O)CN2C(=O)COc3ccc(S(=O)(=O)N4CCOCC4)cc32)cc1. The number of fused-ring (bicyclic) bond motifs is 1. The summed E-state index contributed by atoms with van der Waals surface area (Å²) in [6, 6.07) is 12.1. The minimum absolute atomic E-state index is 0.0431. The summed E-state index contributed by atoms with van der Waals surface area (Å²) in [5.41, 5.74) is 2.33. The van der Waals surface area contributed by atoms with Gasteiger partial charge in [0, 0.05) is 19.6 Å². The Morgan fingerprint density at radius 2 is 1.81 bits per heavy atom. The van der Waals surface area contributed by atoms with E-state index in [2.05, 4.69) is 5.32 Å². The molecule has 1 fully saturated rings. The Balaban J connectivity index is 1.51. The number of amides is 2. The van der Waals surface area contributed by atoms with Crippen LogP contribution in [0.15, 0.2) is 47.4 Å². The molecule has 32 heavy (non-hydrogen) atoms. The van der Waals surface area contributed by atoms with Crippen molar-refractivity contribution >= 4 is 27.5 Å². The highest BCUT2D eigenvalue weighted by Gasteiger charge is 2.31. The molecule has 1 N–H and O–H groups in total. The minimum atomic E-state index is -3.76. The third kappa shape index (κ3) is 4.77. The van der Waals surface area contributed by atoms with E-state index in [1.165, 1.54) is 27.4 Å². The number of carbonyl (C=O) groups excluding carboxylic acids is 2. The van der Waals surface area contributed by atoms with Crippen LogP contribution in [0.5, 0.6) is 5.75 Å². The highest BCUT2D eigenvalue weighted by molar-refractivity contribution is 7.89. The second-order valence-electron chi connectivity index (χ2n) is 7.68. The molecular weight excluding hydrogens is 434 g/mol. The zero-order valence-corrected chi connectivity index (χ0v) is 18.6. The van der Waals surface area contributed by atoms with Crippen molar-refractivity contribution < 1.29 is 27.5 Å². The van der Waals surface area contributed by atoms with Crippen LogP contribution in [0, 0.1) is 6.92 Å². The van der Waals surface area contributed by atoms with Crippen molar-refractivity contribution in [1.29, 1.82) is 0 Å². The Morgan fingerprint density at radius 3 is 2.53 bits per heavy atom. The molecule has 10 heteroatoms. The monoisotopic (exact) mass is 459 g/mol. The Bertz CT molecular complexity index is 1110. The maximum absolute atomic E-state index is 13.0. The predicted octanol–water partition coefficient (Wildman–Crippen LogP) is 1.06. The van der Waals surface area contributed by atoms with Crippen LogP contribution in [0.3, 0.4) is 0 Å². The van der Waals surface area contributed by atoms with Gasteiger partial charge in [-0.25, -0.2) is 8.42 Å². The van der Waals surface area contributed by atoms with Gasteiger partial charge in [0.15, 0.2) is 6.61 Å². The van der Waals surface area contributed by atoms with Crippen molar-refractivity contribution in [2.24, 2.45) is 0 Å². The molecule has 2 aliphatic rings. The van der Waals surface area contributed by atoms with Gasteiger partial charge in [-0.05, 0) is 30.7 Å². The van der Waals surface area contributed by atoms with E-state index in [-0.39, 0.29) is 42.7 Å². The van der Waals surface area contributed by atoms with Crippen LogP contribution >= 0.6 is 0 Å². The Labute approximate surface area is 187 Å². The first-order chi connectivity index (χ1) is 15.3. The molecule has 0 saturated carbocycles. The highest BCUT2D eigenvalue weighted by atomic mass is 32.2. The van der Waals surface area contributed by atoms with Crippen molar-refractivity contribution in [3.63, 3.8) is 0 Å². The number of rotatable bonds is 6. The van der Waals surface area contributed by atoms with Crippen molar-refractivity contribution in [2.45, 2.75) is 18.4 Å². The molecule has 0 aliphatic carbocycles. The Hall–Kier alpha value is -2.95. The number of carbonyl (C=O) groups is 2. The van der Waals surface area contributed by atoms with Gasteiger partial charge in [-0.2, -0.15) is 4.31 Å². The zero-order chi connectivity index (χ0) is 22.7. The average Bonchev–Trinajstić information content (AvgIpc) is 2.81. The van der Waals surface area contributed by atoms with Crippen LogP contribution in [0.1, 0.15) is 11.1 Å². The van der Waals surface area contributed by atoms with E-state index >= 15 is 0 Å². The molecule has 1 saturated heterocycles. The third-order valence-electron chi connectivity index (χ3n) is 5.39. The number of morpholine rings is 1. The maximum atomic E-state index is 13.0. The summed E-state index contributed by atoms with van der Waals surface area (Å²) in [5.74, 6) is -0.408. The van der Waals surface area contributed by atoms with Gasteiger partial charge < -0.3 is 14.8 Å². The number of ether oxygens (including phenoxy) is 2. The molecule has 170 valence electrons. The summed E-state index contributed by atoms with van der Waals surface area (Å²) >= 11 is 0. The summed E-state index contributed by atoms with van der Waals surface area (Å²) in [6.07, 6.45) is 0. The van der Waals surface area contributed by atoms with Crippen molar-refractivity contribution in [3.05, 3.63) is 53.6 Å². The fourth-order valence-electron chi connectivity index (χ4n) is 3.56. The molecule has 2 aromatic carbocycles. The lowest BCUT2D eigenvalue weighted by molar-refractivity contribution is -0.125. The smallest absolute Gasteiger partial charge is 0.265 e. The molecule has 2 amide bonds. The van der Waals surface area contributed by atoms with E-state index in [9.17, 15) is 18.0 Å². The van der Waals surface area contributed by atoms with E-state index in [1.807, 2.05) is 31.2 Å². The molecule has 0 atom stereocenters.